The largest absolute Gasteiger partial charge is 0.492 e. The van der Waals surface area contributed by atoms with Gasteiger partial charge in [-0.1, -0.05) is 13.8 Å². The second kappa shape index (κ2) is 5.60. The molecule has 0 amide bonds. The summed E-state index contributed by atoms with van der Waals surface area (Å²) in [6.45, 7) is 5.61. The second-order valence-electron chi connectivity index (χ2n) is 3.76. The molecule has 1 aromatic heterocycles. The number of rotatable bonds is 5. The Labute approximate surface area is 85.3 Å². The van der Waals surface area contributed by atoms with E-state index in [2.05, 4.69) is 18.8 Å². The van der Waals surface area contributed by atoms with Crippen molar-refractivity contribution in [1.29, 1.82) is 0 Å². The van der Waals surface area contributed by atoms with Gasteiger partial charge >= 0.3 is 0 Å². The highest BCUT2D eigenvalue weighted by molar-refractivity contribution is 5.23. The number of ether oxygens (including phenoxy) is 1. The molecule has 1 rings (SSSR count). The number of hydrogen-bond acceptors (Lipinski definition) is 3. The smallest absolute Gasteiger partial charge is 0.137 e. The van der Waals surface area contributed by atoms with Gasteiger partial charge in [0.1, 0.15) is 5.75 Å². The van der Waals surface area contributed by atoms with Crippen LogP contribution in [-0.4, -0.2) is 11.6 Å². The Morgan fingerprint density at radius 3 is 2.86 bits per heavy atom. The fourth-order valence-electron chi connectivity index (χ4n) is 1.07. The highest BCUT2D eigenvalue weighted by atomic mass is 16.5. The van der Waals surface area contributed by atoms with E-state index >= 15 is 0 Å². The second-order valence-corrected chi connectivity index (χ2v) is 3.76. The molecule has 0 fully saturated rings. The van der Waals surface area contributed by atoms with Gasteiger partial charge in [0, 0.05) is 12.7 Å². The van der Waals surface area contributed by atoms with Crippen LogP contribution in [0.4, 0.5) is 0 Å². The summed E-state index contributed by atoms with van der Waals surface area (Å²) in [4.78, 5) is 4.05. The topological polar surface area (TPSA) is 48.1 Å². The van der Waals surface area contributed by atoms with Gasteiger partial charge in [0.15, 0.2) is 0 Å². The van der Waals surface area contributed by atoms with Crippen LogP contribution >= 0.6 is 0 Å². The summed E-state index contributed by atoms with van der Waals surface area (Å²) < 4.78 is 5.54. The minimum absolute atomic E-state index is 0.508. The van der Waals surface area contributed by atoms with Gasteiger partial charge in [0.2, 0.25) is 0 Å². The quantitative estimate of drug-likeness (QED) is 0.779. The average Bonchev–Trinajstić information content (AvgIpc) is 2.18. The summed E-state index contributed by atoms with van der Waals surface area (Å²) in [5.74, 6) is 1.48. The molecule has 2 N–H and O–H groups in total. The Morgan fingerprint density at radius 2 is 2.21 bits per heavy atom. The number of aromatic nitrogens is 1. The predicted molar refractivity (Wildman–Crippen MR) is 57.1 cm³/mol. The predicted octanol–water partition coefficient (Wildman–Crippen LogP) is 1.97. The monoisotopic (exact) mass is 194 g/mol. The molecule has 0 aliphatic carbocycles. The SMILES string of the molecule is CC(C)CCOc1cncc(CN)c1. The first-order chi connectivity index (χ1) is 6.72. The van der Waals surface area contributed by atoms with Gasteiger partial charge in [-0.3, -0.25) is 4.98 Å². The molecular formula is C11H18N2O. The fourth-order valence-corrected chi connectivity index (χ4v) is 1.07. The molecule has 0 bridgehead atoms. The maximum absolute atomic E-state index is 5.54. The summed E-state index contributed by atoms with van der Waals surface area (Å²) >= 11 is 0. The van der Waals surface area contributed by atoms with E-state index in [-0.39, 0.29) is 0 Å². The Bertz CT molecular complexity index is 274. The van der Waals surface area contributed by atoms with Crippen LogP contribution in [0.1, 0.15) is 25.8 Å². The Kier molecular flexibility index (Phi) is 4.40. The van der Waals surface area contributed by atoms with E-state index in [1.54, 1.807) is 12.4 Å². The Hall–Kier alpha value is -1.09. The summed E-state index contributed by atoms with van der Waals surface area (Å²) in [6, 6.07) is 1.94. The van der Waals surface area contributed by atoms with Crippen LogP contribution in [0.2, 0.25) is 0 Å². The molecule has 0 unspecified atom stereocenters. The van der Waals surface area contributed by atoms with Gasteiger partial charge in [0.05, 0.1) is 12.8 Å². The van der Waals surface area contributed by atoms with Gasteiger partial charge in [-0.05, 0) is 24.0 Å². The lowest BCUT2D eigenvalue weighted by Crippen LogP contribution is -2.03. The lowest BCUT2D eigenvalue weighted by molar-refractivity contribution is 0.288. The number of hydrogen-bond donors (Lipinski definition) is 1. The van der Waals surface area contributed by atoms with E-state index in [0.717, 1.165) is 24.3 Å². The maximum atomic E-state index is 5.54. The molecule has 1 aromatic rings. The van der Waals surface area contributed by atoms with Crippen LogP contribution in [0.15, 0.2) is 18.5 Å². The van der Waals surface area contributed by atoms with Crippen LogP contribution in [-0.2, 0) is 6.54 Å². The van der Waals surface area contributed by atoms with Crippen molar-refractivity contribution < 1.29 is 4.74 Å². The zero-order chi connectivity index (χ0) is 10.4. The van der Waals surface area contributed by atoms with Gasteiger partial charge < -0.3 is 10.5 Å². The van der Waals surface area contributed by atoms with Crippen molar-refractivity contribution in [3.63, 3.8) is 0 Å². The van der Waals surface area contributed by atoms with Crippen molar-refractivity contribution >= 4 is 0 Å². The third kappa shape index (κ3) is 3.75. The minimum atomic E-state index is 0.508. The normalized spacial score (nSPS) is 10.6. The molecule has 0 aliphatic rings. The highest BCUT2D eigenvalue weighted by Gasteiger charge is 1.98. The van der Waals surface area contributed by atoms with Crippen molar-refractivity contribution in [3.05, 3.63) is 24.0 Å². The van der Waals surface area contributed by atoms with E-state index in [0.29, 0.717) is 12.5 Å². The van der Waals surface area contributed by atoms with Crippen LogP contribution in [0.25, 0.3) is 0 Å². The van der Waals surface area contributed by atoms with Crippen molar-refractivity contribution in [3.8, 4) is 5.75 Å². The number of nitrogens with zero attached hydrogens (tertiary/aromatic N) is 1. The molecule has 0 saturated carbocycles. The number of pyridine rings is 1. The lowest BCUT2D eigenvalue weighted by atomic mass is 10.1. The van der Waals surface area contributed by atoms with Gasteiger partial charge in [0.25, 0.3) is 0 Å². The molecule has 3 heteroatoms. The fraction of sp³-hybridized carbons (Fsp3) is 0.545. The summed E-state index contributed by atoms with van der Waals surface area (Å²) in [7, 11) is 0. The maximum Gasteiger partial charge on any atom is 0.137 e. The van der Waals surface area contributed by atoms with E-state index < -0.39 is 0 Å². The molecular weight excluding hydrogens is 176 g/mol. The van der Waals surface area contributed by atoms with E-state index in [1.165, 1.54) is 0 Å². The van der Waals surface area contributed by atoms with Crippen molar-refractivity contribution in [2.45, 2.75) is 26.8 Å². The third-order valence-electron chi connectivity index (χ3n) is 1.97. The van der Waals surface area contributed by atoms with Crippen LogP contribution in [0.5, 0.6) is 5.75 Å². The summed E-state index contributed by atoms with van der Waals surface area (Å²) in [6.07, 6.45) is 4.54. The van der Waals surface area contributed by atoms with Gasteiger partial charge in [-0.15, -0.1) is 0 Å². The van der Waals surface area contributed by atoms with Crippen molar-refractivity contribution in [2.24, 2.45) is 11.7 Å². The molecule has 0 saturated heterocycles. The molecule has 0 aliphatic heterocycles. The third-order valence-corrected chi connectivity index (χ3v) is 1.97. The first-order valence-electron chi connectivity index (χ1n) is 4.99. The Balaban J connectivity index is 2.42. The molecule has 78 valence electrons. The average molecular weight is 194 g/mol. The zero-order valence-corrected chi connectivity index (χ0v) is 8.86. The van der Waals surface area contributed by atoms with Crippen LogP contribution in [0, 0.1) is 5.92 Å². The number of nitrogens with two attached hydrogens (primary N) is 1. The van der Waals surface area contributed by atoms with E-state index in [9.17, 15) is 0 Å². The van der Waals surface area contributed by atoms with Gasteiger partial charge in [-0.2, -0.15) is 0 Å². The molecule has 1 heterocycles. The molecule has 14 heavy (non-hydrogen) atoms. The lowest BCUT2D eigenvalue weighted by Gasteiger charge is -2.08. The van der Waals surface area contributed by atoms with Crippen LogP contribution in [0.3, 0.4) is 0 Å². The van der Waals surface area contributed by atoms with Crippen molar-refractivity contribution in [1.82, 2.24) is 4.98 Å². The first-order valence-corrected chi connectivity index (χ1v) is 4.99. The summed E-state index contributed by atoms with van der Waals surface area (Å²) in [5, 5.41) is 0. The zero-order valence-electron chi connectivity index (χ0n) is 8.86. The van der Waals surface area contributed by atoms with Gasteiger partial charge in [-0.25, -0.2) is 0 Å². The van der Waals surface area contributed by atoms with Crippen molar-refractivity contribution in [2.75, 3.05) is 6.61 Å². The molecule has 0 aromatic carbocycles. The van der Waals surface area contributed by atoms with Crippen LogP contribution < -0.4 is 10.5 Å². The standard InChI is InChI=1S/C11H18N2O/c1-9(2)3-4-14-11-5-10(6-12)7-13-8-11/h5,7-9H,3-4,6,12H2,1-2H3. The molecule has 0 spiro atoms. The van der Waals surface area contributed by atoms with E-state index in [1.807, 2.05) is 6.07 Å². The molecule has 3 nitrogen and oxygen atoms in total. The molecule has 0 atom stereocenters. The van der Waals surface area contributed by atoms with E-state index in [4.69, 9.17) is 10.5 Å². The minimum Gasteiger partial charge on any atom is -0.492 e. The highest BCUT2D eigenvalue weighted by Crippen LogP contribution is 2.11. The first kappa shape index (κ1) is 11.0. The molecule has 0 radical (unpaired) electrons. The Morgan fingerprint density at radius 1 is 1.43 bits per heavy atom. The summed E-state index contributed by atoms with van der Waals surface area (Å²) in [5.41, 5.74) is 6.51.